The predicted molar refractivity (Wildman–Crippen MR) is 129 cm³/mol. The Morgan fingerprint density at radius 3 is 1.85 bits per heavy atom. The maximum atomic E-state index is 3.43. The second-order valence-electron chi connectivity index (χ2n) is 7.82. The van der Waals surface area contributed by atoms with Crippen LogP contribution in [0.4, 0.5) is 0 Å². The lowest BCUT2D eigenvalue weighted by Gasteiger charge is -2.14. The Kier molecular flexibility index (Phi) is 3.81. The fourth-order valence-corrected chi connectivity index (χ4v) is 6.09. The van der Waals surface area contributed by atoms with Crippen LogP contribution in [0.5, 0.6) is 0 Å². The first-order valence-electron chi connectivity index (χ1n) is 8.88. The molecule has 5 rings (SSSR count). The van der Waals surface area contributed by atoms with Crippen molar-refractivity contribution in [3.63, 3.8) is 0 Å². The molecule has 2 aromatic heterocycles. The van der Waals surface area contributed by atoms with E-state index in [0.717, 1.165) is 5.56 Å². The van der Waals surface area contributed by atoms with Crippen LogP contribution in [0.2, 0.25) is 0 Å². The predicted octanol–water partition coefficient (Wildman–Crippen LogP) is 7.73. The second kappa shape index (κ2) is 6.01. The first-order chi connectivity index (χ1) is 12.9. The molecule has 0 bridgehead atoms. The standard InChI is InChI=1S/C24H20S3/c1-15-5-7-21-17(11-15)19-13-24-20(14-23(19)25-21)18-12-16(6-8-22(18)26-24)9-10-27(2,3)4/h5-8,11-14H,1-4H3. The highest BCUT2D eigenvalue weighted by Crippen LogP contribution is 2.42. The van der Waals surface area contributed by atoms with E-state index in [1.165, 1.54) is 45.9 Å². The zero-order chi connectivity index (χ0) is 18.8. The molecule has 0 amide bonds. The van der Waals surface area contributed by atoms with Crippen LogP contribution in [0.15, 0.2) is 48.5 Å². The van der Waals surface area contributed by atoms with E-state index in [1.807, 2.05) is 22.7 Å². The Balaban J connectivity index is 1.78. The number of benzene rings is 3. The average Bonchev–Trinajstić information content (AvgIpc) is 3.14. The second-order valence-corrected chi connectivity index (χ2v) is 13.9. The summed E-state index contributed by atoms with van der Waals surface area (Å²) in [5.41, 5.74) is 2.44. The minimum Gasteiger partial charge on any atom is -0.186 e. The molecule has 0 atom stereocenters. The van der Waals surface area contributed by atoms with E-state index in [9.17, 15) is 0 Å². The Hall–Kier alpha value is -1.99. The molecule has 0 aliphatic heterocycles. The topological polar surface area (TPSA) is 0 Å². The van der Waals surface area contributed by atoms with Crippen molar-refractivity contribution >= 4 is 73.0 Å². The van der Waals surface area contributed by atoms with Crippen LogP contribution in [0.25, 0.3) is 40.3 Å². The summed E-state index contributed by atoms with van der Waals surface area (Å²) in [7, 11) is -0.809. The van der Waals surface area contributed by atoms with Crippen molar-refractivity contribution in [3.8, 4) is 11.2 Å². The van der Waals surface area contributed by atoms with Gasteiger partial charge in [0.2, 0.25) is 0 Å². The Morgan fingerprint density at radius 2 is 1.22 bits per heavy atom. The number of rotatable bonds is 0. The van der Waals surface area contributed by atoms with Gasteiger partial charge >= 0.3 is 0 Å². The summed E-state index contributed by atoms with van der Waals surface area (Å²) >= 11 is 3.78. The molecule has 0 fully saturated rings. The molecule has 5 aromatic rings. The van der Waals surface area contributed by atoms with Gasteiger partial charge in [-0.3, -0.25) is 0 Å². The van der Waals surface area contributed by atoms with E-state index < -0.39 is 10.0 Å². The van der Waals surface area contributed by atoms with Crippen LogP contribution in [0.1, 0.15) is 11.1 Å². The molecule has 2 heterocycles. The van der Waals surface area contributed by atoms with Gasteiger partial charge in [-0.15, -0.1) is 22.7 Å². The van der Waals surface area contributed by atoms with Crippen LogP contribution in [0.3, 0.4) is 0 Å². The van der Waals surface area contributed by atoms with Gasteiger partial charge in [0.05, 0.1) is 0 Å². The quantitative estimate of drug-likeness (QED) is 0.232. The summed E-state index contributed by atoms with van der Waals surface area (Å²) in [4.78, 5) is 0. The van der Waals surface area contributed by atoms with Crippen molar-refractivity contribution in [3.05, 3.63) is 59.7 Å². The third-order valence-corrected chi connectivity index (χ3v) is 7.70. The Bertz CT molecular complexity index is 1410. The van der Waals surface area contributed by atoms with Gasteiger partial charge in [-0.05, 0) is 73.4 Å². The smallest absolute Gasteiger partial charge is 0.0362 e. The van der Waals surface area contributed by atoms with Crippen LogP contribution >= 0.6 is 32.7 Å². The number of hydrogen-bond donors (Lipinski definition) is 0. The van der Waals surface area contributed by atoms with Crippen molar-refractivity contribution in [2.45, 2.75) is 6.92 Å². The van der Waals surface area contributed by atoms with E-state index in [-0.39, 0.29) is 0 Å². The van der Waals surface area contributed by atoms with Gasteiger partial charge in [-0.2, -0.15) is 10.0 Å². The fourth-order valence-electron chi connectivity index (χ4n) is 3.45. The summed E-state index contributed by atoms with van der Waals surface area (Å²) in [6, 6.07) is 18.2. The molecule has 0 saturated heterocycles. The fraction of sp³-hybridized carbons (Fsp3) is 0.167. The van der Waals surface area contributed by atoms with Gasteiger partial charge in [-0.25, -0.2) is 0 Å². The highest BCUT2D eigenvalue weighted by Gasteiger charge is 2.11. The molecule has 0 N–H and O–H groups in total. The highest BCUT2D eigenvalue weighted by molar-refractivity contribution is 8.35. The maximum absolute atomic E-state index is 3.43. The molecule has 27 heavy (non-hydrogen) atoms. The summed E-state index contributed by atoms with van der Waals surface area (Å²) in [6.45, 7) is 2.17. The molecule has 0 unspecified atom stereocenters. The normalized spacial score (nSPS) is 12.7. The SMILES string of the molecule is Cc1ccc2sc3cc4c(cc3c2c1)sc1ccc(C#CS(C)(C)C)cc14. The van der Waals surface area contributed by atoms with Gasteiger partial charge < -0.3 is 0 Å². The third kappa shape index (κ3) is 3.02. The number of fused-ring (bicyclic) bond motifs is 6. The summed E-state index contributed by atoms with van der Waals surface area (Å²) in [5.74, 6) is 3.39. The van der Waals surface area contributed by atoms with Gasteiger partial charge in [-0.1, -0.05) is 17.6 Å². The summed E-state index contributed by atoms with van der Waals surface area (Å²) in [5, 5.41) is 8.89. The maximum Gasteiger partial charge on any atom is 0.0362 e. The van der Waals surface area contributed by atoms with Gasteiger partial charge in [0.25, 0.3) is 0 Å². The number of aryl methyl sites for hydroxylation is 1. The van der Waals surface area contributed by atoms with Gasteiger partial charge in [0, 0.05) is 45.9 Å². The van der Waals surface area contributed by atoms with E-state index in [1.54, 1.807) is 0 Å². The molecular formula is C24H20S3. The number of thiophene rings is 2. The van der Waals surface area contributed by atoms with Crippen molar-refractivity contribution in [1.82, 2.24) is 0 Å². The van der Waals surface area contributed by atoms with E-state index in [4.69, 9.17) is 0 Å². The van der Waals surface area contributed by atoms with Crippen molar-refractivity contribution in [2.24, 2.45) is 0 Å². The Morgan fingerprint density at radius 1 is 0.667 bits per heavy atom. The molecule has 0 spiro atoms. The zero-order valence-corrected chi connectivity index (χ0v) is 18.3. The molecule has 0 saturated carbocycles. The molecule has 0 radical (unpaired) electrons. The van der Waals surface area contributed by atoms with E-state index in [0.29, 0.717) is 0 Å². The molecule has 0 aliphatic rings. The zero-order valence-electron chi connectivity index (χ0n) is 15.8. The molecule has 3 heteroatoms. The minimum absolute atomic E-state index is 0.809. The molecule has 3 aromatic carbocycles. The first-order valence-corrected chi connectivity index (χ1v) is 13.4. The van der Waals surface area contributed by atoms with Crippen molar-refractivity contribution in [2.75, 3.05) is 18.8 Å². The third-order valence-electron chi connectivity index (χ3n) is 4.72. The van der Waals surface area contributed by atoms with Crippen LogP contribution in [-0.2, 0) is 0 Å². The first kappa shape index (κ1) is 17.1. The van der Waals surface area contributed by atoms with E-state index in [2.05, 4.69) is 85.4 Å². The van der Waals surface area contributed by atoms with Crippen LogP contribution in [-0.4, -0.2) is 18.8 Å². The lowest BCUT2D eigenvalue weighted by atomic mass is 10.1. The lowest BCUT2D eigenvalue weighted by molar-refractivity contribution is 1.52. The molecule has 134 valence electrons. The van der Waals surface area contributed by atoms with Gasteiger partial charge in [0.15, 0.2) is 0 Å². The summed E-state index contributed by atoms with van der Waals surface area (Å²) in [6.07, 6.45) is 6.70. The van der Waals surface area contributed by atoms with Crippen molar-refractivity contribution in [1.29, 1.82) is 0 Å². The molecule has 0 aliphatic carbocycles. The molecular weight excluding hydrogens is 384 g/mol. The monoisotopic (exact) mass is 404 g/mol. The largest absolute Gasteiger partial charge is 0.186 e. The van der Waals surface area contributed by atoms with Crippen molar-refractivity contribution < 1.29 is 0 Å². The van der Waals surface area contributed by atoms with Gasteiger partial charge in [0.1, 0.15) is 0 Å². The van der Waals surface area contributed by atoms with Crippen LogP contribution in [0, 0.1) is 18.1 Å². The lowest BCUT2D eigenvalue weighted by Crippen LogP contribution is -1.85. The minimum atomic E-state index is -0.809. The molecule has 0 nitrogen and oxygen atoms in total. The van der Waals surface area contributed by atoms with Crippen LogP contribution < -0.4 is 0 Å². The Labute approximate surface area is 169 Å². The highest BCUT2D eigenvalue weighted by atomic mass is 32.3. The average molecular weight is 405 g/mol. The number of hydrogen-bond acceptors (Lipinski definition) is 2. The summed E-state index contributed by atoms with van der Waals surface area (Å²) < 4.78 is 5.46. The van der Waals surface area contributed by atoms with E-state index >= 15 is 0 Å².